The molecule has 0 bridgehead atoms. The number of hydrogen-bond donors (Lipinski definition) is 2. The van der Waals surface area contributed by atoms with Crippen molar-refractivity contribution in [1.29, 1.82) is 0 Å². The van der Waals surface area contributed by atoms with Crippen LogP contribution in [0.4, 0.5) is 16.3 Å². The van der Waals surface area contributed by atoms with Gasteiger partial charge in [0.05, 0.1) is 40.8 Å². The number of benzene rings is 2. The van der Waals surface area contributed by atoms with Crippen LogP contribution in [-0.4, -0.2) is 54.5 Å². The molecule has 9 nitrogen and oxygen atoms in total. The van der Waals surface area contributed by atoms with Gasteiger partial charge < -0.3 is 24.1 Å². The number of anilines is 2. The maximum Gasteiger partial charge on any atom is 0.494 e. The summed E-state index contributed by atoms with van der Waals surface area (Å²) >= 11 is 6.55. The first-order chi connectivity index (χ1) is 17.9. The molecule has 38 heavy (non-hydrogen) atoms. The molecule has 200 valence electrons. The maximum absolute atomic E-state index is 13.1. The quantitative estimate of drug-likeness (QED) is 0.444. The molecular weight excluding hydrogens is 507 g/mol. The largest absolute Gasteiger partial charge is 0.494 e. The van der Waals surface area contributed by atoms with E-state index in [0.29, 0.717) is 35.4 Å². The summed E-state index contributed by atoms with van der Waals surface area (Å²) in [6.45, 7) is 10.8. The van der Waals surface area contributed by atoms with Gasteiger partial charge in [-0.1, -0.05) is 35.4 Å². The Morgan fingerprint density at radius 3 is 2.24 bits per heavy atom. The molecule has 2 amide bonds. The summed E-state index contributed by atoms with van der Waals surface area (Å²) in [5.41, 5.74) is 2.24. The first-order valence-electron chi connectivity index (χ1n) is 12.5. The number of carbonyl (C=O) groups is 1. The number of nitrogens with one attached hydrogen (secondary N) is 2. The van der Waals surface area contributed by atoms with Crippen LogP contribution in [0, 0.1) is 6.92 Å². The molecule has 2 N–H and O–H groups in total. The van der Waals surface area contributed by atoms with Crippen molar-refractivity contribution in [3.05, 3.63) is 64.8 Å². The van der Waals surface area contributed by atoms with Crippen molar-refractivity contribution < 1.29 is 23.6 Å². The molecular formula is C27H32BClN4O5. The molecule has 2 fully saturated rings. The van der Waals surface area contributed by atoms with Crippen LogP contribution in [0.2, 0.25) is 5.02 Å². The van der Waals surface area contributed by atoms with Crippen LogP contribution in [0.15, 0.2) is 48.5 Å². The lowest BCUT2D eigenvalue weighted by atomic mass is 9.79. The van der Waals surface area contributed by atoms with Gasteiger partial charge in [-0.2, -0.15) is 5.10 Å². The number of nitrogens with zero attached hydrogens (tertiary/aromatic N) is 2. The molecule has 2 aromatic carbocycles. The number of ether oxygens (including phenoxy) is 2. The summed E-state index contributed by atoms with van der Waals surface area (Å²) in [6, 6.07) is 14.5. The number of rotatable bonds is 6. The normalized spacial score (nSPS) is 19.2. The van der Waals surface area contributed by atoms with E-state index in [-0.39, 0.29) is 0 Å². The van der Waals surface area contributed by atoms with Crippen LogP contribution in [0.3, 0.4) is 0 Å². The Morgan fingerprint density at radius 1 is 1.03 bits per heavy atom. The van der Waals surface area contributed by atoms with Gasteiger partial charge in [0.15, 0.2) is 5.60 Å². The Balaban J connectivity index is 1.35. The molecule has 11 heteroatoms. The van der Waals surface area contributed by atoms with Crippen LogP contribution < -0.4 is 16.1 Å². The average Bonchev–Trinajstić information content (AvgIpc) is 3.32. The summed E-state index contributed by atoms with van der Waals surface area (Å²) < 4.78 is 25.0. The number of urea groups is 1. The Labute approximate surface area is 227 Å². The fourth-order valence-corrected chi connectivity index (χ4v) is 4.50. The highest BCUT2D eigenvalue weighted by Gasteiger charge is 2.51. The standard InChI is InChI=1S/C27H32BClN4O5/c1-17-7-10-19(11-8-17)33-23(14-22(32-33)27(35-6)15-36-16-27)31-24(34)30-21-12-9-18(13-20(21)29)28-37-25(2,3)26(4,5)38-28/h7-14H,15-16H2,1-6H3,(H2,30,31,34). The van der Waals surface area contributed by atoms with Gasteiger partial charge in [-0.25, -0.2) is 9.48 Å². The van der Waals surface area contributed by atoms with Crippen LogP contribution in [0.25, 0.3) is 5.69 Å². The fourth-order valence-electron chi connectivity index (χ4n) is 4.26. The maximum atomic E-state index is 13.1. The molecule has 0 saturated carbocycles. The predicted molar refractivity (Wildman–Crippen MR) is 148 cm³/mol. The summed E-state index contributed by atoms with van der Waals surface area (Å²) in [6.07, 6.45) is 0. The Morgan fingerprint density at radius 2 is 1.68 bits per heavy atom. The summed E-state index contributed by atoms with van der Waals surface area (Å²) in [5, 5.41) is 10.8. The Bertz CT molecular complexity index is 1330. The van der Waals surface area contributed by atoms with Crippen molar-refractivity contribution in [3.63, 3.8) is 0 Å². The summed E-state index contributed by atoms with van der Waals surface area (Å²) in [5.74, 6) is 0.481. The second-order valence-corrected chi connectivity index (χ2v) is 11.2. The minimum Gasteiger partial charge on any atom is -0.399 e. The van der Waals surface area contributed by atoms with E-state index in [1.807, 2.05) is 65.0 Å². The van der Waals surface area contributed by atoms with Gasteiger partial charge in [0.2, 0.25) is 0 Å². The summed E-state index contributed by atoms with van der Waals surface area (Å²) in [7, 11) is 1.08. The van der Waals surface area contributed by atoms with Crippen molar-refractivity contribution in [3.8, 4) is 5.69 Å². The summed E-state index contributed by atoms with van der Waals surface area (Å²) in [4.78, 5) is 13.1. The van der Waals surface area contributed by atoms with Crippen LogP contribution in [0.5, 0.6) is 0 Å². The topological polar surface area (TPSA) is 95.9 Å². The molecule has 5 rings (SSSR count). The Hall–Kier alpha value is -2.89. The van der Waals surface area contributed by atoms with E-state index >= 15 is 0 Å². The van der Waals surface area contributed by atoms with Crippen molar-refractivity contribution in [2.75, 3.05) is 31.0 Å². The highest BCUT2D eigenvalue weighted by atomic mass is 35.5. The molecule has 0 spiro atoms. The lowest BCUT2D eigenvalue weighted by Gasteiger charge is -2.38. The van der Waals surface area contributed by atoms with E-state index in [1.54, 1.807) is 30.0 Å². The van der Waals surface area contributed by atoms with Crippen molar-refractivity contribution in [2.24, 2.45) is 0 Å². The van der Waals surface area contributed by atoms with Gasteiger partial charge in [0.1, 0.15) is 11.5 Å². The zero-order chi connectivity index (χ0) is 27.3. The van der Waals surface area contributed by atoms with E-state index in [1.165, 1.54) is 0 Å². The first kappa shape index (κ1) is 26.7. The van der Waals surface area contributed by atoms with E-state index in [2.05, 4.69) is 10.6 Å². The predicted octanol–water partition coefficient (Wildman–Crippen LogP) is 4.65. The van der Waals surface area contributed by atoms with Gasteiger partial charge in [-0.05, 0) is 64.3 Å². The minimum absolute atomic E-state index is 0.366. The van der Waals surface area contributed by atoms with Gasteiger partial charge in [-0.15, -0.1) is 0 Å². The third-order valence-corrected chi connectivity index (χ3v) is 7.84. The number of aromatic nitrogens is 2. The lowest BCUT2D eigenvalue weighted by molar-refractivity contribution is -0.204. The van der Waals surface area contributed by atoms with Gasteiger partial charge in [0, 0.05) is 13.2 Å². The third-order valence-electron chi connectivity index (χ3n) is 7.52. The van der Waals surface area contributed by atoms with Gasteiger partial charge >= 0.3 is 13.1 Å². The average molecular weight is 539 g/mol. The van der Waals surface area contributed by atoms with E-state index in [0.717, 1.165) is 16.7 Å². The van der Waals surface area contributed by atoms with E-state index in [9.17, 15) is 4.79 Å². The van der Waals surface area contributed by atoms with E-state index < -0.39 is 30.0 Å². The fraction of sp³-hybridized carbons (Fsp3) is 0.407. The van der Waals surface area contributed by atoms with Crippen molar-refractivity contribution >= 4 is 41.7 Å². The first-order valence-corrected chi connectivity index (χ1v) is 12.8. The molecule has 0 atom stereocenters. The molecule has 2 saturated heterocycles. The monoisotopic (exact) mass is 538 g/mol. The second-order valence-electron chi connectivity index (χ2n) is 10.8. The van der Waals surface area contributed by atoms with Crippen molar-refractivity contribution in [1.82, 2.24) is 9.78 Å². The van der Waals surface area contributed by atoms with Crippen LogP contribution in [-0.2, 0) is 24.4 Å². The van der Waals surface area contributed by atoms with Crippen molar-refractivity contribution in [2.45, 2.75) is 51.4 Å². The Kier molecular flexibility index (Phi) is 6.82. The highest BCUT2D eigenvalue weighted by Crippen LogP contribution is 2.37. The molecule has 2 aliphatic rings. The highest BCUT2D eigenvalue weighted by molar-refractivity contribution is 6.62. The van der Waals surface area contributed by atoms with Crippen LogP contribution >= 0.6 is 11.6 Å². The lowest BCUT2D eigenvalue weighted by Crippen LogP contribution is -2.48. The number of hydrogen-bond acceptors (Lipinski definition) is 6. The minimum atomic E-state index is -0.643. The van der Waals surface area contributed by atoms with Gasteiger partial charge in [0.25, 0.3) is 0 Å². The molecule has 0 radical (unpaired) electrons. The molecule has 1 aromatic heterocycles. The smallest absolute Gasteiger partial charge is 0.399 e. The van der Waals surface area contributed by atoms with E-state index in [4.69, 9.17) is 35.5 Å². The zero-order valence-electron chi connectivity index (χ0n) is 22.4. The van der Waals surface area contributed by atoms with Crippen LogP contribution in [0.1, 0.15) is 39.0 Å². The molecule has 0 unspecified atom stereocenters. The number of aryl methyl sites for hydroxylation is 1. The SMILES string of the molecule is COC1(c2cc(NC(=O)Nc3ccc(B4OC(C)(C)C(C)(C)O4)cc3Cl)n(-c3ccc(C)cc3)n2)COC1. The number of carbonyl (C=O) groups excluding carboxylic acids is 1. The molecule has 3 heterocycles. The molecule has 3 aromatic rings. The molecule has 2 aliphatic heterocycles. The molecule has 0 aliphatic carbocycles. The second kappa shape index (κ2) is 9.70. The number of amides is 2. The number of methoxy groups -OCH3 is 1. The van der Waals surface area contributed by atoms with Gasteiger partial charge in [-0.3, -0.25) is 5.32 Å². The zero-order valence-corrected chi connectivity index (χ0v) is 23.2. The number of halogens is 1. The third kappa shape index (κ3) is 4.83.